The molecule has 0 amide bonds. The molecule has 0 rings (SSSR count). The normalized spacial score (nSPS) is 14.8. The summed E-state index contributed by atoms with van der Waals surface area (Å²) < 4.78 is 59.6. The van der Waals surface area contributed by atoms with E-state index in [9.17, 15) is 22.0 Å². The quantitative estimate of drug-likeness (QED) is 0.596. The summed E-state index contributed by atoms with van der Waals surface area (Å²) in [6.45, 7) is 4.87. The summed E-state index contributed by atoms with van der Waals surface area (Å²) in [7, 11) is 0. The largest absolute Gasteiger partial charge is 0.453 e. The standard InChI is InChI=1S/C8H13F5/c1-6(2,3)4-5-7(9,10)8(11,12)13/h4-5H2,1-3H3. The highest BCUT2D eigenvalue weighted by atomic mass is 19.4. The van der Waals surface area contributed by atoms with Crippen molar-refractivity contribution in [1.29, 1.82) is 0 Å². The van der Waals surface area contributed by atoms with Gasteiger partial charge in [0, 0.05) is 6.42 Å². The molecule has 0 nitrogen and oxygen atoms in total. The van der Waals surface area contributed by atoms with Gasteiger partial charge in [-0.25, -0.2) is 0 Å². The summed E-state index contributed by atoms with van der Waals surface area (Å²) in [4.78, 5) is 0. The van der Waals surface area contributed by atoms with Crippen molar-refractivity contribution in [2.75, 3.05) is 0 Å². The van der Waals surface area contributed by atoms with Crippen LogP contribution in [0, 0.1) is 5.41 Å². The van der Waals surface area contributed by atoms with Crippen LogP contribution in [0.4, 0.5) is 22.0 Å². The molecular weight excluding hydrogens is 191 g/mol. The van der Waals surface area contributed by atoms with Crippen LogP contribution in [0.25, 0.3) is 0 Å². The summed E-state index contributed by atoms with van der Waals surface area (Å²) >= 11 is 0. The number of halogens is 5. The first-order valence-electron chi connectivity index (χ1n) is 3.90. The summed E-state index contributed by atoms with van der Waals surface area (Å²) in [5.74, 6) is -4.56. The Morgan fingerprint density at radius 3 is 1.38 bits per heavy atom. The van der Waals surface area contributed by atoms with Gasteiger partial charge in [-0.3, -0.25) is 0 Å². The molecule has 0 heterocycles. The van der Waals surface area contributed by atoms with Crippen molar-refractivity contribution >= 4 is 0 Å². The lowest BCUT2D eigenvalue weighted by molar-refractivity contribution is -0.285. The van der Waals surface area contributed by atoms with Gasteiger partial charge in [0.1, 0.15) is 0 Å². The Balaban J connectivity index is 4.21. The molecule has 0 bridgehead atoms. The minimum Gasteiger partial charge on any atom is -0.196 e. The van der Waals surface area contributed by atoms with Gasteiger partial charge in [0.05, 0.1) is 0 Å². The average molecular weight is 204 g/mol. The van der Waals surface area contributed by atoms with Crippen LogP contribution in [0.3, 0.4) is 0 Å². The summed E-state index contributed by atoms with van der Waals surface area (Å²) in [5, 5.41) is 0. The van der Waals surface area contributed by atoms with Crippen molar-refractivity contribution in [2.45, 2.75) is 45.7 Å². The van der Waals surface area contributed by atoms with Gasteiger partial charge in [-0.15, -0.1) is 0 Å². The number of hydrogen-bond donors (Lipinski definition) is 0. The van der Waals surface area contributed by atoms with Crippen molar-refractivity contribution in [3.63, 3.8) is 0 Å². The number of hydrogen-bond acceptors (Lipinski definition) is 0. The number of alkyl halides is 5. The summed E-state index contributed by atoms with van der Waals surface area (Å²) in [6.07, 6.45) is -6.71. The van der Waals surface area contributed by atoms with E-state index in [-0.39, 0.29) is 6.42 Å². The zero-order valence-corrected chi connectivity index (χ0v) is 7.80. The van der Waals surface area contributed by atoms with E-state index < -0.39 is 23.9 Å². The Kier molecular flexibility index (Phi) is 3.33. The Morgan fingerprint density at radius 1 is 0.769 bits per heavy atom. The van der Waals surface area contributed by atoms with E-state index in [0.717, 1.165) is 0 Å². The Bertz CT molecular complexity index is 162. The topological polar surface area (TPSA) is 0 Å². The van der Waals surface area contributed by atoms with E-state index in [2.05, 4.69) is 0 Å². The second-order valence-corrected chi connectivity index (χ2v) is 4.26. The zero-order valence-electron chi connectivity index (χ0n) is 7.80. The van der Waals surface area contributed by atoms with Gasteiger partial charge in [-0.2, -0.15) is 22.0 Å². The molecule has 5 heteroatoms. The first-order chi connectivity index (χ1) is 5.46. The summed E-state index contributed by atoms with van der Waals surface area (Å²) in [5.41, 5.74) is -0.505. The second-order valence-electron chi connectivity index (χ2n) is 4.26. The predicted molar refractivity (Wildman–Crippen MR) is 39.7 cm³/mol. The van der Waals surface area contributed by atoms with Gasteiger partial charge in [0.2, 0.25) is 0 Å². The van der Waals surface area contributed by atoms with Crippen LogP contribution in [0.1, 0.15) is 33.6 Å². The fraction of sp³-hybridized carbons (Fsp3) is 1.00. The molecule has 0 aliphatic heterocycles. The molecular formula is C8H13F5. The van der Waals surface area contributed by atoms with E-state index in [0.29, 0.717) is 0 Å². The zero-order chi connectivity index (χ0) is 10.9. The van der Waals surface area contributed by atoms with Gasteiger partial charge < -0.3 is 0 Å². The van der Waals surface area contributed by atoms with Crippen LogP contribution in [0.2, 0.25) is 0 Å². The van der Waals surface area contributed by atoms with Crippen molar-refractivity contribution in [2.24, 2.45) is 5.41 Å². The molecule has 0 aromatic carbocycles. The molecule has 0 atom stereocenters. The third-order valence-corrected chi connectivity index (χ3v) is 1.60. The van der Waals surface area contributed by atoms with Crippen LogP contribution in [0.15, 0.2) is 0 Å². The first-order valence-corrected chi connectivity index (χ1v) is 3.90. The first kappa shape index (κ1) is 12.7. The van der Waals surface area contributed by atoms with E-state index in [1.165, 1.54) is 0 Å². The molecule has 0 aromatic heterocycles. The third-order valence-electron chi connectivity index (χ3n) is 1.60. The monoisotopic (exact) mass is 204 g/mol. The Hall–Kier alpha value is -0.350. The van der Waals surface area contributed by atoms with E-state index in [1.54, 1.807) is 20.8 Å². The van der Waals surface area contributed by atoms with E-state index in [4.69, 9.17) is 0 Å². The molecule has 80 valence electrons. The van der Waals surface area contributed by atoms with Gasteiger partial charge >= 0.3 is 12.1 Å². The highest BCUT2D eigenvalue weighted by molar-refractivity contribution is 4.78. The molecule has 0 N–H and O–H groups in total. The smallest absolute Gasteiger partial charge is 0.196 e. The minimum absolute atomic E-state index is 0.153. The maximum Gasteiger partial charge on any atom is 0.453 e. The second kappa shape index (κ2) is 3.42. The van der Waals surface area contributed by atoms with Gasteiger partial charge in [-0.1, -0.05) is 20.8 Å². The molecule has 0 aromatic rings. The lowest BCUT2D eigenvalue weighted by Crippen LogP contribution is -2.37. The van der Waals surface area contributed by atoms with Crippen LogP contribution < -0.4 is 0 Å². The highest BCUT2D eigenvalue weighted by Gasteiger charge is 2.56. The lowest BCUT2D eigenvalue weighted by atomic mass is 9.89. The van der Waals surface area contributed by atoms with Crippen LogP contribution >= 0.6 is 0 Å². The van der Waals surface area contributed by atoms with E-state index in [1.807, 2.05) is 0 Å². The molecule has 0 unspecified atom stereocenters. The third kappa shape index (κ3) is 4.43. The molecule has 0 radical (unpaired) electrons. The SMILES string of the molecule is CC(C)(C)CCC(F)(F)C(F)(F)F. The molecule has 0 saturated carbocycles. The van der Waals surface area contributed by atoms with Gasteiger partial charge in [0.25, 0.3) is 0 Å². The Morgan fingerprint density at radius 2 is 1.15 bits per heavy atom. The van der Waals surface area contributed by atoms with E-state index >= 15 is 0 Å². The predicted octanol–water partition coefficient (Wildman–Crippen LogP) is 4.01. The molecule has 0 saturated heterocycles. The molecule has 0 spiro atoms. The maximum atomic E-state index is 12.3. The minimum atomic E-state index is -5.42. The molecule has 13 heavy (non-hydrogen) atoms. The van der Waals surface area contributed by atoms with Crippen molar-refractivity contribution < 1.29 is 22.0 Å². The molecule has 0 aliphatic carbocycles. The highest BCUT2D eigenvalue weighted by Crippen LogP contribution is 2.40. The average Bonchev–Trinajstić information content (AvgIpc) is 1.79. The van der Waals surface area contributed by atoms with Gasteiger partial charge in [0.15, 0.2) is 0 Å². The summed E-state index contributed by atoms with van der Waals surface area (Å²) in [6, 6.07) is 0. The van der Waals surface area contributed by atoms with Crippen LogP contribution in [0.5, 0.6) is 0 Å². The fourth-order valence-corrected chi connectivity index (χ4v) is 0.674. The van der Waals surface area contributed by atoms with Crippen LogP contribution in [-0.2, 0) is 0 Å². The van der Waals surface area contributed by atoms with Crippen molar-refractivity contribution in [3.05, 3.63) is 0 Å². The fourth-order valence-electron chi connectivity index (χ4n) is 0.674. The van der Waals surface area contributed by atoms with Crippen molar-refractivity contribution in [3.8, 4) is 0 Å². The van der Waals surface area contributed by atoms with Crippen LogP contribution in [-0.4, -0.2) is 12.1 Å². The molecule has 0 fully saturated rings. The van der Waals surface area contributed by atoms with Gasteiger partial charge in [-0.05, 0) is 11.8 Å². The number of rotatable bonds is 2. The Labute approximate surface area is 74.1 Å². The molecule has 0 aliphatic rings. The maximum absolute atomic E-state index is 12.3. The lowest BCUT2D eigenvalue weighted by Gasteiger charge is -2.24. The van der Waals surface area contributed by atoms with Crippen molar-refractivity contribution in [1.82, 2.24) is 0 Å².